The van der Waals surface area contributed by atoms with Crippen molar-refractivity contribution in [3.05, 3.63) is 27.4 Å². The van der Waals surface area contributed by atoms with Crippen LogP contribution in [0.3, 0.4) is 0 Å². The first-order chi connectivity index (χ1) is 7.04. The topological polar surface area (TPSA) is 29.1 Å². The van der Waals surface area contributed by atoms with Gasteiger partial charge in [-0.25, -0.2) is 4.39 Å². The van der Waals surface area contributed by atoms with Gasteiger partial charge in [-0.15, -0.1) is 0 Å². The lowest BCUT2D eigenvalue weighted by molar-refractivity contribution is -0.111. The zero-order valence-electron chi connectivity index (χ0n) is 7.70. The molecule has 0 aliphatic carbocycles. The molecule has 1 amide bonds. The van der Waals surface area contributed by atoms with E-state index in [0.717, 1.165) is 6.07 Å². The Morgan fingerprint density at radius 2 is 2.27 bits per heavy atom. The van der Waals surface area contributed by atoms with Crippen molar-refractivity contribution < 1.29 is 9.18 Å². The van der Waals surface area contributed by atoms with E-state index in [1.807, 2.05) is 0 Å². The van der Waals surface area contributed by atoms with E-state index < -0.39 is 11.7 Å². The predicted molar refractivity (Wildman–Crippen MR) is 61.2 cm³/mol. The van der Waals surface area contributed by atoms with Crippen molar-refractivity contribution in [2.24, 2.45) is 0 Å². The normalized spacial score (nSPS) is 9.07. The van der Waals surface area contributed by atoms with Gasteiger partial charge in [0.1, 0.15) is 5.82 Å². The number of anilines is 1. The molecule has 1 rings (SSSR count). The van der Waals surface area contributed by atoms with Gasteiger partial charge in [0.25, 0.3) is 5.91 Å². The molecular weight excluding hydrogens is 284 g/mol. The van der Waals surface area contributed by atoms with Crippen LogP contribution >= 0.6 is 27.5 Å². The Balaban J connectivity index is 2.96. The van der Waals surface area contributed by atoms with Gasteiger partial charge in [0.05, 0.1) is 9.50 Å². The summed E-state index contributed by atoms with van der Waals surface area (Å²) in [6.45, 7) is 1.54. The fourth-order valence-corrected chi connectivity index (χ4v) is 1.34. The molecule has 2 nitrogen and oxygen atoms in total. The average molecular weight is 291 g/mol. The maximum atomic E-state index is 13.2. The fourth-order valence-electron chi connectivity index (χ4n) is 0.904. The van der Waals surface area contributed by atoms with E-state index in [-0.39, 0.29) is 15.2 Å². The smallest absolute Gasteiger partial charge is 0.300 e. The lowest BCUT2D eigenvalue weighted by Gasteiger charge is -2.04. The van der Waals surface area contributed by atoms with Crippen LogP contribution in [0.2, 0.25) is 5.02 Å². The zero-order chi connectivity index (χ0) is 11.4. The number of rotatable bonds is 1. The lowest BCUT2D eigenvalue weighted by Crippen LogP contribution is -2.08. The van der Waals surface area contributed by atoms with Crippen molar-refractivity contribution >= 4 is 39.1 Å². The molecule has 0 atom stereocenters. The average Bonchev–Trinajstić information content (AvgIpc) is 2.14. The highest BCUT2D eigenvalue weighted by Crippen LogP contribution is 2.28. The summed E-state index contributed by atoms with van der Waals surface area (Å²) in [7, 11) is 0. The summed E-state index contributed by atoms with van der Waals surface area (Å²) in [6, 6.07) is 2.59. The van der Waals surface area contributed by atoms with Crippen LogP contribution in [0, 0.1) is 17.7 Å². The molecule has 0 spiro atoms. The Kier molecular flexibility index (Phi) is 4.13. The van der Waals surface area contributed by atoms with Crippen LogP contribution in [-0.4, -0.2) is 5.91 Å². The van der Waals surface area contributed by atoms with E-state index in [1.54, 1.807) is 0 Å². The predicted octanol–water partition coefficient (Wildman–Crippen LogP) is 3.20. The van der Waals surface area contributed by atoms with Gasteiger partial charge >= 0.3 is 0 Å². The van der Waals surface area contributed by atoms with Gasteiger partial charge in [-0.05, 0) is 40.9 Å². The van der Waals surface area contributed by atoms with Crippen LogP contribution in [0.15, 0.2) is 16.6 Å². The number of carbonyl (C=O) groups excluding carboxylic acids is 1. The molecule has 0 radical (unpaired) electrons. The summed E-state index contributed by atoms with van der Waals surface area (Å²) in [4.78, 5) is 11.1. The first-order valence-electron chi connectivity index (χ1n) is 3.93. The highest BCUT2D eigenvalue weighted by molar-refractivity contribution is 9.10. The largest absolute Gasteiger partial charge is 0.315 e. The van der Waals surface area contributed by atoms with E-state index in [4.69, 9.17) is 11.6 Å². The maximum absolute atomic E-state index is 13.2. The molecule has 0 bridgehead atoms. The van der Waals surface area contributed by atoms with E-state index in [0.29, 0.717) is 0 Å². The summed E-state index contributed by atoms with van der Waals surface area (Å²) < 4.78 is 13.3. The number of benzene rings is 1. The number of hydrogen-bond donors (Lipinski definition) is 1. The fraction of sp³-hybridized carbons (Fsp3) is 0.100. The Labute approximate surface area is 99.9 Å². The molecule has 0 aliphatic rings. The molecule has 0 saturated heterocycles. The summed E-state index contributed by atoms with van der Waals surface area (Å²) in [5, 5.41) is 2.58. The molecule has 1 aromatic rings. The van der Waals surface area contributed by atoms with Gasteiger partial charge in [-0.1, -0.05) is 17.5 Å². The van der Waals surface area contributed by atoms with Crippen molar-refractivity contribution in [2.75, 3.05) is 5.32 Å². The molecule has 1 aromatic carbocycles. The number of halogens is 3. The third-order valence-electron chi connectivity index (χ3n) is 1.48. The quantitative estimate of drug-likeness (QED) is 0.624. The molecule has 78 valence electrons. The van der Waals surface area contributed by atoms with Crippen LogP contribution in [0.5, 0.6) is 0 Å². The van der Waals surface area contributed by atoms with Crippen molar-refractivity contribution in [3.63, 3.8) is 0 Å². The van der Waals surface area contributed by atoms with Gasteiger partial charge < -0.3 is 5.32 Å². The van der Waals surface area contributed by atoms with Crippen molar-refractivity contribution in [1.82, 2.24) is 0 Å². The van der Waals surface area contributed by atoms with E-state index in [1.165, 1.54) is 13.0 Å². The minimum atomic E-state index is -0.540. The molecule has 0 aromatic heterocycles. The summed E-state index contributed by atoms with van der Waals surface area (Å²) in [5.74, 6) is 3.66. The van der Waals surface area contributed by atoms with Crippen molar-refractivity contribution in [2.45, 2.75) is 6.92 Å². The van der Waals surface area contributed by atoms with Crippen LogP contribution in [-0.2, 0) is 4.79 Å². The molecule has 0 fully saturated rings. The molecule has 1 N–H and O–H groups in total. The van der Waals surface area contributed by atoms with Gasteiger partial charge in [0.2, 0.25) is 0 Å². The SMILES string of the molecule is CC#CC(=O)Nc1cc(F)c(Br)c(Cl)c1. The van der Waals surface area contributed by atoms with Crippen molar-refractivity contribution in [3.8, 4) is 11.8 Å². The minimum absolute atomic E-state index is 0.170. The highest BCUT2D eigenvalue weighted by atomic mass is 79.9. The highest BCUT2D eigenvalue weighted by Gasteiger charge is 2.07. The second kappa shape index (κ2) is 5.15. The first-order valence-corrected chi connectivity index (χ1v) is 5.10. The third kappa shape index (κ3) is 3.22. The second-order valence-corrected chi connectivity index (χ2v) is 3.78. The number of amides is 1. The molecule has 15 heavy (non-hydrogen) atoms. The Hall–Kier alpha value is -1.05. The van der Waals surface area contributed by atoms with Gasteiger partial charge in [0.15, 0.2) is 0 Å². The molecular formula is C10H6BrClFNO. The molecule has 0 unspecified atom stereocenters. The minimum Gasteiger partial charge on any atom is -0.315 e. The lowest BCUT2D eigenvalue weighted by atomic mass is 10.3. The molecule has 0 aliphatic heterocycles. The maximum Gasteiger partial charge on any atom is 0.300 e. The molecule has 0 heterocycles. The van der Waals surface area contributed by atoms with E-state index >= 15 is 0 Å². The Bertz CT molecular complexity index is 441. The molecule has 5 heteroatoms. The van der Waals surface area contributed by atoms with Crippen LogP contribution in [0.1, 0.15) is 6.92 Å². The summed E-state index contributed by atoms with van der Waals surface area (Å²) >= 11 is 8.67. The van der Waals surface area contributed by atoms with Gasteiger partial charge in [-0.2, -0.15) is 0 Å². The van der Waals surface area contributed by atoms with E-state index in [2.05, 4.69) is 33.1 Å². The molecule has 0 saturated carbocycles. The monoisotopic (exact) mass is 289 g/mol. The van der Waals surface area contributed by atoms with E-state index in [9.17, 15) is 9.18 Å². The standard InChI is InChI=1S/C10H6BrClFNO/c1-2-3-9(15)14-6-4-7(12)10(11)8(13)5-6/h4-5H,1H3,(H,14,15). The first kappa shape index (κ1) is 12.0. The Morgan fingerprint density at radius 3 is 2.80 bits per heavy atom. The van der Waals surface area contributed by atoms with Crippen LogP contribution in [0.4, 0.5) is 10.1 Å². The second-order valence-electron chi connectivity index (χ2n) is 2.58. The van der Waals surface area contributed by atoms with Crippen LogP contribution in [0.25, 0.3) is 0 Å². The van der Waals surface area contributed by atoms with Crippen molar-refractivity contribution in [1.29, 1.82) is 0 Å². The summed E-state index contributed by atoms with van der Waals surface area (Å²) in [5.41, 5.74) is 0.272. The number of nitrogens with one attached hydrogen (secondary N) is 1. The van der Waals surface area contributed by atoms with Crippen LogP contribution < -0.4 is 5.32 Å². The Morgan fingerprint density at radius 1 is 1.60 bits per heavy atom. The number of carbonyl (C=O) groups is 1. The third-order valence-corrected chi connectivity index (χ3v) is 2.81. The van der Waals surface area contributed by atoms with Gasteiger partial charge in [-0.3, -0.25) is 4.79 Å². The number of hydrogen-bond acceptors (Lipinski definition) is 1. The summed E-state index contributed by atoms with van der Waals surface area (Å²) in [6.07, 6.45) is 0. The zero-order valence-corrected chi connectivity index (χ0v) is 10.0. The van der Waals surface area contributed by atoms with Gasteiger partial charge in [0, 0.05) is 5.69 Å².